The van der Waals surface area contributed by atoms with Crippen LogP contribution < -0.4 is 0 Å². The van der Waals surface area contributed by atoms with Crippen LogP contribution in [-0.2, 0) is 46.4 Å². The Morgan fingerprint density at radius 3 is 0.438 bits per heavy atom. The number of hydrogen-bond acceptors (Lipinski definition) is 5. The van der Waals surface area contributed by atoms with Crippen LogP contribution in [0.1, 0.15) is 34.6 Å². The Kier molecular flexibility index (Phi) is 327. The molecule has 0 rings (SSSR count). The van der Waals surface area contributed by atoms with Crippen molar-refractivity contribution in [1.82, 2.24) is 0 Å². The molecule has 0 aliphatic heterocycles. The third kappa shape index (κ3) is 2310. The summed E-state index contributed by atoms with van der Waals surface area (Å²) < 4.78 is 0. The van der Waals surface area contributed by atoms with Crippen LogP contribution in [0.15, 0.2) is 0 Å². The second-order valence-corrected chi connectivity index (χ2v) is 1.02. The van der Waals surface area contributed by atoms with Crippen LogP contribution in [0.2, 0.25) is 0 Å². The molecule has 0 saturated heterocycles. The third-order valence-corrected chi connectivity index (χ3v) is 0. The van der Waals surface area contributed by atoms with Crippen LogP contribution in [0.25, 0.3) is 0 Å². The molecular formula is C10H15NbO5. The molecule has 0 bridgehead atoms. The van der Waals surface area contributed by atoms with Crippen molar-refractivity contribution in [3.05, 3.63) is 0 Å². The van der Waals surface area contributed by atoms with Crippen LogP contribution in [0.5, 0.6) is 0 Å². The second-order valence-electron chi connectivity index (χ2n) is 1.02. The molecule has 90 valence electrons. The van der Waals surface area contributed by atoms with E-state index in [0.717, 1.165) is 0 Å². The second kappa shape index (κ2) is 144. The molecule has 0 aromatic carbocycles. The van der Waals surface area contributed by atoms with Crippen molar-refractivity contribution in [2.75, 3.05) is 0 Å². The van der Waals surface area contributed by atoms with Crippen molar-refractivity contribution in [3.63, 3.8) is 0 Å². The van der Waals surface area contributed by atoms with Gasteiger partial charge in [0.15, 0.2) is 0 Å². The van der Waals surface area contributed by atoms with Gasteiger partial charge >= 0.3 is 22.4 Å². The fourth-order valence-corrected chi connectivity index (χ4v) is 0. The van der Waals surface area contributed by atoms with Gasteiger partial charge in [-0.2, -0.15) is 34.6 Å². The Morgan fingerprint density at radius 1 is 0.438 bits per heavy atom. The molecular weight excluding hydrogens is 293 g/mol. The first-order valence-electron chi connectivity index (χ1n) is 3.52. The molecule has 0 fully saturated rings. The summed E-state index contributed by atoms with van der Waals surface area (Å²) in [6.45, 7) is 6.60. The first kappa shape index (κ1) is 36.3. The summed E-state index contributed by atoms with van der Waals surface area (Å²) in [5.41, 5.74) is 0. The summed E-state index contributed by atoms with van der Waals surface area (Å²) in [7, 11) is 0. The van der Waals surface area contributed by atoms with Crippen molar-refractivity contribution >= 4 is 31.4 Å². The van der Waals surface area contributed by atoms with Gasteiger partial charge in [0.25, 0.3) is 0 Å². The topological polar surface area (TPSA) is 85.3 Å². The van der Waals surface area contributed by atoms with Crippen LogP contribution in [0.4, 0.5) is 0 Å². The minimum atomic E-state index is 0. The van der Waals surface area contributed by atoms with E-state index in [2.05, 4.69) is 0 Å². The summed E-state index contributed by atoms with van der Waals surface area (Å²) in [5, 5.41) is 0. The van der Waals surface area contributed by atoms with Gasteiger partial charge in [0, 0.05) is 0 Å². The number of carbonyl (C=O) groups excluding carboxylic acids is 5. The fourth-order valence-electron chi connectivity index (χ4n) is 0. The predicted octanol–water partition coefficient (Wildman–Crippen LogP) is 0.578. The summed E-state index contributed by atoms with van der Waals surface area (Å²) >= 11 is 0. The SMILES string of the molecule is C[C-]=O.C[C-]=O.C[C-]=O.C[C-]=O.C[C-]=O.[Nb+5]. The average molecular weight is 308 g/mol. The van der Waals surface area contributed by atoms with Gasteiger partial charge in [0.2, 0.25) is 0 Å². The summed E-state index contributed by atoms with van der Waals surface area (Å²) in [6, 6.07) is 0. The van der Waals surface area contributed by atoms with E-state index >= 15 is 0 Å². The summed E-state index contributed by atoms with van der Waals surface area (Å²) in [6.07, 6.45) is 7.50. The van der Waals surface area contributed by atoms with E-state index in [1.54, 1.807) is 0 Å². The zero-order chi connectivity index (χ0) is 13.5. The molecule has 0 aromatic heterocycles. The summed E-state index contributed by atoms with van der Waals surface area (Å²) in [4.78, 5) is 43.4. The molecule has 0 aliphatic rings. The maximum atomic E-state index is 8.68. The van der Waals surface area contributed by atoms with Gasteiger partial charge in [-0.25, -0.2) is 0 Å². The Balaban J connectivity index is -0.0000000192. The largest absolute Gasteiger partial charge is 5.00 e. The van der Waals surface area contributed by atoms with E-state index in [1.165, 1.54) is 66.0 Å². The molecule has 0 amide bonds. The van der Waals surface area contributed by atoms with Crippen molar-refractivity contribution in [1.29, 1.82) is 0 Å². The van der Waals surface area contributed by atoms with Crippen molar-refractivity contribution in [3.8, 4) is 0 Å². The van der Waals surface area contributed by atoms with E-state index in [0.29, 0.717) is 0 Å². The molecule has 6 heteroatoms. The molecule has 0 N–H and O–H groups in total. The Bertz CT molecular complexity index is 91.5. The predicted molar refractivity (Wildman–Crippen MR) is 56.8 cm³/mol. The molecule has 0 spiro atoms. The third-order valence-electron chi connectivity index (χ3n) is 0. The molecule has 0 unspecified atom stereocenters. The van der Waals surface area contributed by atoms with Gasteiger partial charge in [-0.15, -0.1) is 0 Å². The van der Waals surface area contributed by atoms with Crippen LogP contribution >= 0.6 is 0 Å². The standard InChI is InChI=1S/5C2H3O.Nb/c5*1-2-3;/h5*1H3;/q5*-1;+5. The zero-order valence-corrected chi connectivity index (χ0v) is 12.2. The van der Waals surface area contributed by atoms with Gasteiger partial charge in [-0.05, 0) is 0 Å². The minimum Gasteiger partial charge on any atom is -0.542 e. The normalized spacial score (nSPS) is 4.06. The van der Waals surface area contributed by atoms with Gasteiger partial charge in [-0.1, -0.05) is 0 Å². The summed E-state index contributed by atoms with van der Waals surface area (Å²) in [5.74, 6) is 0. The van der Waals surface area contributed by atoms with E-state index in [1.807, 2.05) is 0 Å². The number of rotatable bonds is 0. The quantitative estimate of drug-likeness (QED) is 0.482. The smallest absolute Gasteiger partial charge is 0.542 e. The Morgan fingerprint density at radius 2 is 0.438 bits per heavy atom. The number of hydrogen-bond donors (Lipinski definition) is 0. The monoisotopic (exact) mass is 308 g/mol. The first-order chi connectivity index (χ1) is 7.07. The van der Waals surface area contributed by atoms with Crippen LogP contribution in [0, 0.1) is 0 Å². The molecule has 0 saturated carbocycles. The maximum absolute atomic E-state index is 8.68. The Labute approximate surface area is 112 Å². The van der Waals surface area contributed by atoms with Crippen LogP contribution in [-0.4, -0.2) is 31.4 Å². The maximum Gasteiger partial charge on any atom is 5.00 e. The molecule has 16 heavy (non-hydrogen) atoms. The fraction of sp³-hybridized carbons (Fsp3) is 0.500. The molecule has 0 atom stereocenters. The van der Waals surface area contributed by atoms with Gasteiger partial charge < -0.3 is 24.0 Å². The van der Waals surface area contributed by atoms with E-state index in [9.17, 15) is 0 Å². The molecule has 5 nitrogen and oxygen atoms in total. The van der Waals surface area contributed by atoms with E-state index in [-0.39, 0.29) is 22.4 Å². The van der Waals surface area contributed by atoms with Gasteiger partial charge in [0.1, 0.15) is 0 Å². The van der Waals surface area contributed by atoms with Gasteiger partial charge in [-0.3, -0.25) is 31.4 Å². The molecule has 0 heterocycles. The minimum absolute atomic E-state index is 0. The van der Waals surface area contributed by atoms with Crippen molar-refractivity contribution in [2.24, 2.45) is 0 Å². The van der Waals surface area contributed by atoms with Crippen molar-refractivity contribution in [2.45, 2.75) is 34.6 Å². The van der Waals surface area contributed by atoms with E-state index < -0.39 is 0 Å². The van der Waals surface area contributed by atoms with Gasteiger partial charge in [0.05, 0.1) is 0 Å². The molecule has 0 aliphatic carbocycles. The molecule has 0 radical (unpaired) electrons. The van der Waals surface area contributed by atoms with Crippen LogP contribution in [0.3, 0.4) is 0 Å². The van der Waals surface area contributed by atoms with E-state index in [4.69, 9.17) is 24.0 Å². The zero-order valence-electron chi connectivity index (χ0n) is 9.99. The first-order valence-corrected chi connectivity index (χ1v) is 3.52. The molecule has 0 aromatic rings. The average Bonchev–Trinajstić information content (AvgIpc) is 2.09. The van der Waals surface area contributed by atoms with Crippen molar-refractivity contribution < 1.29 is 46.4 Å². The Hall–Kier alpha value is -0.910.